The first-order chi connectivity index (χ1) is 16.2. The maximum absolute atomic E-state index is 11.6. The van der Waals surface area contributed by atoms with E-state index in [4.69, 9.17) is 9.84 Å². The summed E-state index contributed by atoms with van der Waals surface area (Å²) in [4.78, 5) is 28.8. The number of aliphatic hydroxyl groups is 1. The number of carbonyl (C=O) groups excluding carboxylic acids is 1. The van der Waals surface area contributed by atoms with Gasteiger partial charge in [-0.15, -0.1) is 0 Å². The lowest BCUT2D eigenvalue weighted by Crippen LogP contribution is -2.49. The first kappa shape index (κ1) is 21.2. The Balaban J connectivity index is 1.22. The molecule has 168 valence electrons. The molecule has 0 bridgehead atoms. The van der Waals surface area contributed by atoms with E-state index in [0.29, 0.717) is 24.7 Å². The third kappa shape index (κ3) is 4.92. The molecule has 0 unspecified atom stereocenters. The largest absolute Gasteiger partial charge is 0.439 e. The van der Waals surface area contributed by atoms with E-state index in [1.807, 2.05) is 48.9 Å². The van der Waals surface area contributed by atoms with Crippen molar-refractivity contribution >= 4 is 28.6 Å². The Morgan fingerprint density at radius 1 is 1.03 bits per heavy atom. The van der Waals surface area contributed by atoms with Gasteiger partial charge in [0.2, 0.25) is 11.8 Å². The fourth-order valence-electron chi connectivity index (χ4n) is 4.10. The number of aliphatic imine (C=N–C) groups is 1. The van der Waals surface area contributed by atoms with Crippen molar-refractivity contribution in [2.45, 2.75) is 13.0 Å². The molecule has 0 aliphatic carbocycles. The predicted molar refractivity (Wildman–Crippen MR) is 126 cm³/mol. The number of nitrogens with zero attached hydrogens (tertiary/aromatic N) is 5. The Morgan fingerprint density at radius 3 is 2.64 bits per heavy atom. The SMILES string of the molecule is O=C(CO)N1CCN(Cc2cnc3cc(Oc4ccc(C5=CN=CC5)cn4)ccc3c2)CC1. The molecule has 1 aromatic carbocycles. The number of pyridine rings is 2. The van der Waals surface area contributed by atoms with Crippen LogP contribution in [-0.2, 0) is 11.3 Å². The molecular weight excluding hydrogens is 418 g/mol. The van der Waals surface area contributed by atoms with Gasteiger partial charge in [0.1, 0.15) is 12.4 Å². The Kier molecular flexibility index (Phi) is 6.10. The van der Waals surface area contributed by atoms with Gasteiger partial charge in [0.05, 0.1) is 5.52 Å². The minimum atomic E-state index is -0.421. The van der Waals surface area contributed by atoms with Gasteiger partial charge < -0.3 is 14.7 Å². The first-order valence-electron chi connectivity index (χ1n) is 11.0. The first-order valence-corrected chi connectivity index (χ1v) is 11.0. The number of fused-ring (bicyclic) bond motifs is 1. The smallest absolute Gasteiger partial charge is 0.248 e. The topological polar surface area (TPSA) is 91.2 Å². The van der Waals surface area contributed by atoms with Crippen molar-refractivity contribution in [1.82, 2.24) is 19.8 Å². The van der Waals surface area contributed by atoms with Crippen molar-refractivity contribution in [2.24, 2.45) is 4.99 Å². The van der Waals surface area contributed by atoms with Gasteiger partial charge in [-0.3, -0.25) is 19.7 Å². The number of allylic oxidation sites excluding steroid dienone is 1. The van der Waals surface area contributed by atoms with E-state index < -0.39 is 6.61 Å². The molecule has 0 atom stereocenters. The van der Waals surface area contributed by atoms with Crippen LogP contribution in [0, 0.1) is 0 Å². The number of ether oxygens (including phenoxy) is 1. The molecule has 0 radical (unpaired) electrons. The van der Waals surface area contributed by atoms with Crippen LogP contribution >= 0.6 is 0 Å². The average molecular weight is 444 g/mol. The summed E-state index contributed by atoms with van der Waals surface area (Å²) in [7, 11) is 0. The zero-order valence-corrected chi connectivity index (χ0v) is 18.2. The van der Waals surface area contributed by atoms with Gasteiger partial charge >= 0.3 is 0 Å². The Hall–Kier alpha value is -3.62. The van der Waals surface area contributed by atoms with Crippen molar-refractivity contribution in [3.05, 3.63) is 66.1 Å². The molecule has 1 saturated heterocycles. The second-order valence-corrected chi connectivity index (χ2v) is 8.19. The molecule has 1 N–H and O–H groups in total. The standard InChI is InChI=1S/C25H25N5O3/c31-17-25(32)30-9-7-29(8-10-30)16-18-11-19-1-3-22(12-23(19)27-13-18)33-24-4-2-20(15-28-24)21-5-6-26-14-21/h1-4,6,11-15,31H,5,7-10,16-17H2. The maximum atomic E-state index is 11.6. The second kappa shape index (κ2) is 9.48. The average Bonchev–Trinajstić information content (AvgIpc) is 3.40. The minimum Gasteiger partial charge on any atom is -0.439 e. The van der Waals surface area contributed by atoms with E-state index in [1.165, 1.54) is 0 Å². The van der Waals surface area contributed by atoms with E-state index in [2.05, 4.69) is 25.9 Å². The van der Waals surface area contributed by atoms with Crippen LogP contribution in [0.4, 0.5) is 0 Å². The fourth-order valence-corrected chi connectivity index (χ4v) is 4.10. The van der Waals surface area contributed by atoms with Gasteiger partial charge in [-0.1, -0.05) is 0 Å². The van der Waals surface area contributed by atoms with E-state index in [9.17, 15) is 4.79 Å². The molecular formula is C25H25N5O3. The number of hydrogen-bond donors (Lipinski definition) is 1. The van der Waals surface area contributed by atoms with Crippen LogP contribution in [0.15, 0.2) is 60.0 Å². The Bertz CT molecular complexity index is 1210. The summed E-state index contributed by atoms with van der Waals surface area (Å²) in [5.74, 6) is 1.02. The highest BCUT2D eigenvalue weighted by Crippen LogP contribution is 2.26. The summed E-state index contributed by atoms with van der Waals surface area (Å²) >= 11 is 0. The van der Waals surface area contributed by atoms with Gasteiger partial charge in [0, 0.05) is 81.5 Å². The predicted octanol–water partition coefficient (Wildman–Crippen LogP) is 2.87. The monoisotopic (exact) mass is 443 g/mol. The molecule has 8 nitrogen and oxygen atoms in total. The molecule has 2 aromatic heterocycles. The fraction of sp³-hybridized carbons (Fsp3) is 0.280. The number of carbonyl (C=O) groups is 1. The van der Waals surface area contributed by atoms with Crippen LogP contribution in [0.2, 0.25) is 0 Å². The normalized spacial score (nSPS) is 16.3. The zero-order valence-electron chi connectivity index (χ0n) is 18.2. The van der Waals surface area contributed by atoms with E-state index in [-0.39, 0.29) is 5.91 Å². The highest BCUT2D eigenvalue weighted by molar-refractivity contribution is 5.84. The van der Waals surface area contributed by atoms with Crippen molar-refractivity contribution < 1.29 is 14.6 Å². The summed E-state index contributed by atoms with van der Waals surface area (Å²) in [6.07, 6.45) is 8.27. The Labute approximate surface area is 191 Å². The van der Waals surface area contributed by atoms with Crippen LogP contribution in [0.1, 0.15) is 17.5 Å². The summed E-state index contributed by atoms with van der Waals surface area (Å²) in [5, 5.41) is 10.1. The van der Waals surface area contributed by atoms with Crippen LogP contribution in [0.3, 0.4) is 0 Å². The number of benzene rings is 1. The van der Waals surface area contributed by atoms with E-state index >= 15 is 0 Å². The number of hydrogen-bond acceptors (Lipinski definition) is 7. The molecule has 0 saturated carbocycles. The van der Waals surface area contributed by atoms with Gasteiger partial charge in [-0.25, -0.2) is 4.98 Å². The second-order valence-electron chi connectivity index (χ2n) is 8.19. The molecule has 2 aliphatic heterocycles. The van der Waals surface area contributed by atoms with Gasteiger partial charge in [-0.05, 0) is 41.0 Å². The number of amides is 1. The zero-order chi connectivity index (χ0) is 22.6. The maximum Gasteiger partial charge on any atom is 0.248 e. The number of piperazine rings is 1. The lowest BCUT2D eigenvalue weighted by Gasteiger charge is -2.34. The molecule has 3 aromatic rings. The van der Waals surface area contributed by atoms with Crippen molar-refractivity contribution in [1.29, 1.82) is 0 Å². The highest BCUT2D eigenvalue weighted by atomic mass is 16.5. The highest BCUT2D eigenvalue weighted by Gasteiger charge is 2.20. The van der Waals surface area contributed by atoms with Crippen molar-refractivity contribution in [3.8, 4) is 11.6 Å². The molecule has 8 heteroatoms. The summed E-state index contributed by atoms with van der Waals surface area (Å²) < 4.78 is 5.93. The van der Waals surface area contributed by atoms with Crippen LogP contribution in [-0.4, -0.2) is 69.8 Å². The van der Waals surface area contributed by atoms with Crippen LogP contribution < -0.4 is 4.74 Å². The number of aliphatic hydroxyl groups excluding tert-OH is 1. The minimum absolute atomic E-state index is 0.202. The quantitative estimate of drug-likeness (QED) is 0.630. The summed E-state index contributed by atoms with van der Waals surface area (Å²) in [6.45, 7) is 3.21. The molecule has 1 fully saturated rings. The third-order valence-electron chi connectivity index (χ3n) is 5.96. The van der Waals surface area contributed by atoms with Crippen molar-refractivity contribution in [2.75, 3.05) is 32.8 Å². The Morgan fingerprint density at radius 2 is 1.91 bits per heavy atom. The van der Waals surface area contributed by atoms with Gasteiger partial charge in [0.15, 0.2) is 0 Å². The lowest BCUT2D eigenvalue weighted by atomic mass is 10.1. The van der Waals surface area contributed by atoms with Gasteiger partial charge in [-0.2, -0.15) is 0 Å². The van der Waals surface area contributed by atoms with Crippen molar-refractivity contribution in [3.63, 3.8) is 0 Å². The molecule has 5 rings (SSSR count). The van der Waals surface area contributed by atoms with Crippen LogP contribution in [0.25, 0.3) is 16.5 Å². The lowest BCUT2D eigenvalue weighted by molar-refractivity contribution is -0.135. The molecule has 33 heavy (non-hydrogen) atoms. The van der Waals surface area contributed by atoms with E-state index in [0.717, 1.165) is 53.7 Å². The molecule has 1 amide bonds. The van der Waals surface area contributed by atoms with Gasteiger partial charge in [0.25, 0.3) is 0 Å². The third-order valence-corrected chi connectivity index (χ3v) is 5.96. The molecule has 0 spiro atoms. The number of aromatic nitrogens is 2. The summed E-state index contributed by atoms with van der Waals surface area (Å²) in [6, 6.07) is 11.9. The molecule has 2 aliphatic rings. The summed E-state index contributed by atoms with van der Waals surface area (Å²) in [5.41, 5.74) is 4.19. The molecule has 4 heterocycles. The van der Waals surface area contributed by atoms with E-state index in [1.54, 1.807) is 11.1 Å². The van der Waals surface area contributed by atoms with Crippen LogP contribution in [0.5, 0.6) is 11.6 Å². The number of rotatable bonds is 6.